The number of thiocarbonyl (C=S) groups is 1. The summed E-state index contributed by atoms with van der Waals surface area (Å²) in [6.45, 7) is 4.75. The minimum Gasteiger partial charge on any atom is -0.331 e. The number of nitrogens with zero attached hydrogens (tertiary/aromatic N) is 2. The van der Waals surface area contributed by atoms with Crippen molar-refractivity contribution in [1.29, 1.82) is 0 Å². The SMILES string of the molecule is C/C(=N/NC(=S)Nc1ccc(C)cc1)c1ccc(N2CCCC2=O)cc1. The molecule has 1 fully saturated rings. The number of hydrogen-bond donors (Lipinski definition) is 2. The lowest BCUT2D eigenvalue weighted by Crippen LogP contribution is -2.25. The van der Waals surface area contributed by atoms with Crippen LogP contribution in [0.4, 0.5) is 11.4 Å². The Kier molecular flexibility index (Phi) is 5.63. The van der Waals surface area contributed by atoms with Crippen molar-refractivity contribution in [3.63, 3.8) is 0 Å². The molecule has 1 aliphatic heterocycles. The van der Waals surface area contributed by atoms with Crippen LogP contribution in [0.3, 0.4) is 0 Å². The van der Waals surface area contributed by atoms with E-state index in [1.165, 1.54) is 5.56 Å². The zero-order chi connectivity index (χ0) is 18.5. The second-order valence-electron chi connectivity index (χ2n) is 6.32. The smallest absolute Gasteiger partial charge is 0.227 e. The fourth-order valence-electron chi connectivity index (χ4n) is 2.80. The van der Waals surface area contributed by atoms with Crippen molar-refractivity contribution in [2.45, 2.75) is 26.7 Å². The number of anilines is 2. The Morgan fingerprint density at radius 1 is 1.12 bits per heavy atom. The number of nitrogens with one attached hydrogen (secondary N) is 2. The van der Waals surface area contributed by atoms with Crippen LogP contribution in [0.15, 0.2) is 53.6 Å². The monoisotopic (exact) mass is 366 g/mol. The van der Waals surface area contributed by atoms with E-state index in [1.807, 2.05) is 67.3 Å². The molecule has 2 aromatic rings. The van der Waals surface area contributed by atoms with Crippen molar-refractivity contribution in [3.05, 3.63) is 59.7 Å². The van der Waals surface area contributed by atoms with E-state index in [9.17, 15) is 4.79 Å². The van der Waals surface area contributed by atoms with Gasteiger partial charge in [-0.25, -0.2) is 0 Å². The van der Waals surface area contributed by atoms with Gasteiger partial charge >= 0.3 is 0 Å². The molecular weight excluding hydrogens is 344 g/mol. The van der Waals surface area contributed by atoms with Gasteiger partial charge in [0.25, 0.3) is 0 Å². The second kappa shape index (κ2) is 8.10. The lowest BCUT2D eigenvalue weighted by atomic mass is 10.1. The Morgan fingerprint density at radius 3 is 2.42 bits per heavy atom. The van der Waals surface area contributed by atoms with E-state index < -0.39 is 0 Å². The van der Waals surface area contributed by atoms with Gasteiger partial charge in [0.05, 0.1) is 5.71 Å². The largest absolute Gasteiger partial charge is 0.331 e. The van der Waals surface area contributed by atoms with Gasteiger partial charge in [0.1, 0.15) is 0 Å². The van der Waals surface area contributed by atoms with Gasteiger partial charge in [-0.05, 0) is 62.3 Å². The van der Waals surface area contributed by atoms with Crippen molar-refractivity contribution in [3.8, 4) is 0 Å². The van der Waals surface area contributed by atoms with E-state index in [-0.39, 0.29) is 5.91 Å². The van der Waals surface area contributed by atoms with Crippen molar-refractivity contribution in [1.82, 2.24) is 5.43 Å². The van der Waals surface area contributed by atoms with Crippen LogP contribution in [0.1, 0.15) is 30.9 Å². The molecule has 6 heteroatoms. The summed E-state index contributed by atoms with van der Waals surface area (Å²) in [7, 11) is 0. The zero-order valence-corrected chi connectivity index (χ0v) is 15.8. The van der Waals surface area contributed by atoms with Crippen LogP contribution >= 0.6 is 12.2 Å². The zero-order valence-electron chi connectivity index (χ0n) is 15.0. The van der Waals surface area contributed by atoms with E-state index in [4.69, 9.17) is 12.2 Å². The molecule has 0 spiro atoms. The number of aryl methyl sites for hydroxylation is 1. The molecule has 0 aromatic heterocycles. The Balaban J connectivity index is 1.59. The number of hydrogen-bond acceptors (Lipinski definition) is 3. The van der Waals surface area contributed by atoms with Gasteiger partial charge in [-0.3, -0.25) is 10.2 Å². The third-order valence-corrected chi connectivity index (χ3v) is 4.50. The van der Waals surface area contributed by atoms with E-state index in [1.54, 1.807) is 0 Å². The molecule has 0 bridgehead atoms. The first-order chi connectivity index (χ1) is 12.5. The highest BCUT2D eigenvalue weighted by Crippen LogP contribution is 2.21. The molecule has 134 valence electrons. The maximum Gasteiger partial charge on any atom is 0.227 e. The van der Waals surface area contributed by atoms with E-state index >= 15 is 0 Å². The van der Waals surface area contributed by atoms with E-state index in [2.05, 4.69) is 15.8 Å². The summed E-state index contributed by atoms with van der Waals surface area (Å²) in [5, 5.41) is 7.87. The molecule has 2 aromatic carbocycles. The lowest BCUT2D eigenvalue weighted by Gasteiger charge is -2.16. The molecule has 26 heavy (non-hydrogen) atoms. The van der Waals surface area contributed by atoms with Gasteiger partial charge < -0.3 is 10.2 Å². The van der Waals surface area contributed by atoms with Gasteiger partial charge in [-0.2, -0.15) is 5.10 Å². The summed E-state index contributed by atoms with van der Waals surface area (Å²) in [5.41, 5.74) is 7.71. The van der Waals surface area contributed by atoms with Crippen LogP contribution < -0.4 is 15.6 Å². The number of rotatable bonds is 4. The number of hydrazone groups is 1. The fourth-order valence-corrected chi connectivity index (χ4v) is 2.96. The molecular formula is C20H22N4OS. The average Bonchev–Trinajstić information content (AvgIpc) is 3.08. The normalized spacial score (nSPS) is 14.5. The molecule has 1 aliphatic rings. The van der Waals surface area contributed by atoms with E-state index in [0.29, 0.717) is 11.5 Å². The first-order valence-electron chi connectivity index (χ1n) is 8.62. The highest BCUT2D eigenvalue weighted by atomic mass is 32.1. The van der Waals surface area contributed by atoms with Crippen LogP contribution in [0, 0.1) is 6.92 Å². The van der Waals surface area contributed by atoms with Crippen LogP contribution in [0.2, 0.25) is 0 Å². The summed E-state index contributed by atoms with van der Waals surface area (Å²) in [5.74, 6) is 0.192. The molecule has 3 rings (SSSR count). The Bertz CT molecular complexity index is 828. The third kappa shape index (κ3) is 4.46. The quantitative estimate of drug-likeness (QED) is 0.490. The molecule has 2 N–H and O–H groups in total. The maximum absolute atomic E-state index is 11.8. The van der Waals surface area contributed by atoms with Crippen LogP contribution in [-0.2, 0) is 4.79 Å². The van der Waals surface area contributed by atoms with Gasteiger partial charge in [0.15, 0.2) is 5.11 Å². The predicted molar refractivity (Wildman–Crippen MR) is 111 cm³/mol. The van der Waals surface area contributed by atoms with Gasteiger partial charge in [0, 0.05) is 24.3 Å². The van der Waals surface area contributed by atoms with Gasteiger partial charge in [0.2, 0.25) is 5.91 Å². The average molecular weight is 366 g/mol. The predicted octanol–water partition coefficient (Wildman–Crippen LogP) is 3.83. The third-order valence-electron chi connectivity index (χ3n) is 4.30. The second-order valence-corrected chi connectivity index (χ2v) is 6.73. The molecule has 0 unspecified atom stereocenters. The minimum atomic E-state index is 0.192. The van der Waals surface area contributed by atoms with Crippen LogP contribution in [0.25, 0.3) is 0 Å². The summed E-state index contributed by atoms with van der Waals surface area (Å²) in [6, 6.07) is 15.8. The molecule has 0 aliphatic carbocycles. The Morgan fingerprint density at radius 2 is 1.81 bits per heavy atom. The van der Waals surface area contributed by atoms with Crippen LogP contribution in [-0.4, -0.2) is 23.3 Å². The molecule has 1 heterocycles. The summed E-state index contributed by atoms with van der Waals surface area (Å²) >= 11 is 5.27. The molecule has 0 radical (unpaired) electrons. The van der Waals surface area contributed by atoms with Crippen molar-refractivity contribution in [2.75, 3.05) is 16.8 Å². The Labute approximate surface area is 159 Å². The van der Waals surface area contributed by atoms with Crippen molar-refractivity contribution in [2.24, 2.45) is 5.10 Å². The molecule has 1 amide bonds. The summed E-state index contributed by atoms with van der Waals surface area (Å²) < 4.78 is 0. The first kappa shape index (κ1) is 18.1. The highest BCUT2D eigenvalue weighted by molar-refractivity contribution is 7.80. The van der Waals surface area contributed by atoms with Gasteiger partial charge in [-0.15, -0.1) is 0 Å². The first-order valence-corrected chi connectivity index (χ1v) is 9.02. The fraction of sp³-hybridized carbons (Fsp3) is 0.250. The van der Waals surface area contributed by atoms with E-state index in [0.717, 1.165) is 35.6 Å². The topological polar surface area (TPSA) is 56.7 Å². The number of carbonyl (C=O) groups excluding carboxylic acids is 1. The summed E-state index contributed by atoms with van der Waals surface area (Å²) in [4.78, 5) is 13.6. The lowest BCUT2D eigenvalue weighted by molar-refractivity contribution is -0.117. The number of amides is 1. The molecule has 0 saturated carbocycles. The molecule has 1 saturated heterocycles. The van der Waals surface area contributed by atoms with Crippen molar-refractivity contribution >= 4 is 40.3 Å². The number of carbonyl (C=O) groups is 1. The standard InChI is InChI=1S/C20H22N4OS/c1-14-5-9-17(10-6-14)21-20(26)23-22-15(2)16-7-11-18(12-8-16)24-13-3-4-19(24)25/h5-12H,3-4,13H2,1-2H3,(H2,21,23,26)/b22-15-. The minimum absolute atomic E-state index is 0.192. The van der Waals surface area contributed by atoms with Crippen LogP contribution in [0.5, 0.6) is 0 Å². The molecule has 5 nitrogen and oxygen atoms in total. The van der Waals surface area contributed by atoms with Crippen molar-refractivity contribution < 1.29 is 4.79 Å². The summed E-state index contributed by atoms with van der Waals surface area (Å²) in [6.07, 6.45) is 1.56. The van der Waals surface area contributed by atoms with Gasteiger partial charge in [-0.1, -0.05) is 29.8 Å². The molecule has 0 atom stereocenters. The Hall–Kier alpha value is -2.73. The highest BCUT2D eigenvalue weighted by Gasteiger charge is 2.21. The number of benzene rings is 2. The maximum atomic E-state index is 11.8.